The van der Waals surface area contributed by atoms with E-state index >= 15 is 0 Å². The lowest BCUT2D eigenvalue weighted by Crippen LogP contribution is -2.21. The van der Waals surface area contributed by atoms with Crippen LogP contribution in [0.4, 0.5) is 0 Å². The number of rotatable bonds is 2. The molecule has 1 radical (unpaired) electrons. The van der Waals surface area contributed by atoms with Crippen molar-refractivity contribution in [1.29, 1.82) is 0 Å². The molecule has 0 saturated heterocycles. The molecular formula is C6H15Si. The average Bonchev–Trinajstić information content (AvgIpc) is 1.68. The third-order valence-electron chi connectivity index (χ3n) is 1.63. The van der Waals surface area contributed by atoms with Crippen LogP contribution in [0.25, 0.3) is 0 Å². The van der Waals surface area contributed by atoms with Gasteiger partial charge >= 0.3 is 0 Å². The second-order valence-electron chi connectivity index (χ2n) is 2.77. The van der Waals surface area contributed by atoms with Gasteiger partial charge in [-0.05, 0) is 0 Å². The first kappa shape index (κ1) is 7.22. The van der Waals surface area contributed by atoms with Crippen LogP contribution in [0.3, 0.4) is 0 Å². The monoisotopic (exact) mass is 115 g/mol. The molecule has 0 nitrogen and oxygen atoms in total. The largest absolute Gasteiger partial charge is 0.0694 e. The Morgan fingerprint density at radius 2 is 1.86 bits per heavy atom. The van der Waals surface area contributed by atoms with Gasteiger partial charge in [-0.15, -0.1) is 0 Å². The summed E-state index contributed by atoms with van der Waals surface area (Å²) in [4.78, 5) is 0. The third kappa shape index (κ3) is 2.86. The summed E-state index contributed by atoms with van der Waals surface area (Å²) in [7, 11) is -0.762. The van der Waals surface area contributed by atoms with Gasteiger partial charge in [0.1, 0.15) is 0 Å². The van der Waals surface area contributed by atoms with E-state index in [1.54, 1.807) is 0 Å². The van der Waals surface area contributed by atoms with E-state index in [2.05, 4.69) is 26.9 Å². The summed E-state index contributed by atoms with van der Waals surface area (Å²) in [6.45, 7) is 10.9. The molecule has 0 aromatic heterocycles. The Morgan fingerprint density at radius 1 is 1.43 bits per heavy atom. The Balaban J connectivity index is 3.36. The summed E-state index contributed by atoms with van der Waals surface area (Å²) in [5, 5.41) is 0. The molecule has 0 heterocycles. The first-order chi connectivity index (χ1) is 3.12. The van der Waals surface area contributed by atoms with Crippen molar-refractivity contribution in [1.82, 2.24) is 0 Å². The van der Waals surface area contributed by atoms with Gasteiger partial charge in [-0.2, -0.15) is 0 Å². The van der Waals surface area contributed by atoms with Crippen LogP contribution in [0.1, 0.15) is 6.92 Å². The summed E-state index contributed by atoms with van der Waals surface area (Å²) in [6.07, 6.45) is 0. The zero-order valence-corrected chi connectivity index (χ0v) is 6.62. The van der Waals surface area contributed by atoms with Crippen molar-refractivity contribution in [3.63, 3.8) is 0 Å². The Kier molecular flexibility index (Phi) is 2.58. The van der Waals surface area contributed by atoms with Crippen molar-refractivity contribution in [2.75, 3.05) is 0 Å². The normalized spacial score (nSPS) is 12.0. The first-order valence-corrected chi connectivity index (χ1v) is 6.33. The molecule has 0 aliphatic carbocycles. The van der Waals surface area contributed by atoms with Gasteiger partial charge < -0.3 is 0 Å². The average molecular weight is 115 g/mol. The van der Waals surface area contributed by atoms with Crippen molar-refractivity contribution >= 4 is 8.07 Å². The second-order valence-corrected chi connectivity index (χ2v) is 8.30. The molecule has 0 aromatic carbocycles. The molecule has 0 fully saturated rings. The maximum atomic E-state index is 3.89. The molecule has 0 aromatic rings. The molecule has 0 unspecified atom stereocenters. The van der Waals surface area contributed by atoms with Crippen LogP contribution >= 0.6 is 0 Å². The highest BCUT2D eigenvalue weighted by atomic mass is 28.3. The lowest BCUT2D eigenvalue weighted by molar-refractivity contribution is 1.31. The smallest absolute Gasteiger partial charge is 0.0471 e. The highest BCUT2D eigenvalue weighted by molar-refractivity contribution is 6.77. The molecule has 0 aliphatic rings. The number of hydrogen-bond acceptors (Lipinski definition) is 0. The molecular weight excluding hydrogens is 100 g/mol. The van der Waals surface area contributed by atoms with E-state index < -0.39 is 8.07 Å². The van der Waals surface area contributed by atoms with Crippen LogP contribution < -0.4 is 0 Å². The predicted octanol–water partition coefficient (Wildman–Crippen LogP) is 2.55. The summed E-state index contributed by atoms with van der Waals surface area (Å²) in [5.41, 5.74) is 0. The highest BCUT2D eigenvalue weighted by Gasteiger charge is 2.12. The van der Waals surface area contributed by atoms with Crippen LogP contribution in [0, 0.1) is 6.92 Å². The minimum atomic E-state index is -0.762. The lowest BCUT2D eigenvalue weighted by atomic mass is 10.9. The summed E-state index contributed by atoms with van der Waals surface area (Å²) >= 11 is 0. The van der Waals surface area contributed by atoms with Gasteiger partial charge in [0.2, 0.25) is 0 Å². The quantitative estimate of drug-likeness (QED) is 0.485. The topological polar surface area (TPSA) is 0 Å². The van der Waals surface area contributed by atoms with Gasteiger partial charge in [0.05, 0.1) is 0 Å². The van der Waals surface area contributed by atoms with Crippen LogP contribution in [0.5, 0.6) is 0 Å². The van der Waals surface area contributed by atoms with Crippen molar-refractivity contribution in [3.05, 3.63) is 6.92 Å². The summed E-state index contributed by atoms with van der Waals surface area (Å²) in [5.74, 6) is 0. The second kappa shape index (κ2) is 2.51. The van der Waals surface area contributed by atoms with E-state index in [0.717, 1.165) is 0 Å². The van der Waals surface area contributed by atoms with Gasteiger partial charge in [-0.1, -0.05) is 39.0 Å². The Labute approximate surface area is 47.9 Å². The first-order valence-electron chi connectivity index (χ1n) is 2.91. The zero-order valence-electron chi connectivity index (χ0n) is 5.62. The fourth-order valence-corrected chi connectivity index (χ4v) is 0.530. The van der Waals surface area contributed by atoms with E-state index in [-0.39, 0.29) is 0 Å². The van der Waals surface area contributed by atoms with E-state index in [4.69, 9.17) is 0 Å². The van der Waals surface area contributed by atoms with Gasteiger partial charge in [0, 0.05) is 8.07 Å². The molecule has 0 bridgehead atoms. The minimum absolute atomic E-state index is 0.762. The molecule has 0 spiro atoms. The third-order valence-corrected chi connectivity index (χ3v) is 4.90. The van der Waals surface area contributed by atoms with Crippen molar-refractivity contribution in [2.45, 2.75) is 32.1 Å². The fraction of sp³-hybridized carbons (Fsp3) is 0.833. The summed E-state index contributed by atoms with van der Waals surface area (Å²) < 4.78 is 0. The Bertz CT molecular complexity index is 42.1. The molecule has 0 saturated carbocycles. The molecule has 1 heteroatoms. The SMILES string of the molecule is [CH2]C[Si](C)(C)CC. The lowest BCUT2D eigenvalue weighted by Gasteiger charge is -2.15. The van der Waals surface area contributed by atoms with E-state index in [9.17, 15) is 0 Å². The highest BCUT2D eigenvalue weighted by Crippen LogP contribution is 2.11. The van der Waals surface area contributed by atoms with Gasteiger partial charge in [-0.25, -0.2) is 0 Å². The Hall–Kier alpha value is 0.217. The van der Waals surface area contributed by atoms with E-state index in [1.165, 1.54) is 12.1 Å². The van der Waals surface area contributed by atoms with Gasteiger partial charge in [0.25, 0.3) is 0 Å². The fourth-order valence-electron chi connectivity index (χ4n) is 0.177. The minimum Gasteiger partial charge on any atom is -0.0694 e. The van der Waals surface area contributed by atoms with Crippen molar-refractivity contribution in [2.24, 2.45) is 0 Å². The van der Waals surface area contributed by atoms with Crippen LogP contribution in [-0.4, -0.2) is 8.07 Å². The van der Waals surface area contributed by atoms with E-state index in [1.807, 2.05) is 0 Å². The van der Waals surface area contributed by atoms with E-state index in [0.29, 0.717) is 0 Å². The maximum absolute atomic E-state index is 3.89. The van der Waals surface area contributed by atoms with Crippen LogP contribution in [0.2, 0.25) is 25.2 Å². The summed E-state index contributed by atoms with van der Waals surface area (Å²) in [6, 6.07) is 2.56. The molecule has 0 amide bonds. The maximum Gasteiger partial charge on any atom is 0.0471 e. The van der Waals surface area contributed by atoms with Crippen LogP contribution in [0.15, 0.2) is 0 Å². The number of hydrogen-bond donors (Lipinski definition) is 0. The zero-order chi connectivity index (χ0) is 5.91. The van der Waals surface area contributed by atoms with Crippen molar-refractivity contribution < 1.29 is 0 Å². The van der Waals surface area contributed by atoms with Gasteiger partial charge in [0.15, 0.2) is 0 Å². The standard InChI is InChI=1S/C6H15Si/c1-5-7(3,4)6-2/h1,5-6H2,2-4H3. The van der Waals surface area contributed by atoms with Crippen LogP contribution in [-0.2, 0) is 0 Å². The molecule has 0 aliphatic heterocycles. The van der Waals surface area contributed by atoms with Crippen molar-refractivity contribution in [3.8, 4) is 0 Å². The molecule has 0 rings (SSSR count). The predicted molar refractivity (Wildman–Crippen MR) is 38.1 cm³/mol. The van der Waals surface area contributed by atoms with Gasteiger partial charge in [-0.3, -0.25) is 0 Å². The molecule has 43 valence electrons. The molecule has 0 N–H and O–H groups in total. The molecule has 7 heavy (non-hydrogen) atoms. The molecule has 0 atom stereocenters. The Morgan fingerprint density at radius 3 is 1.86 bits per heavy atom.